The highest BCUT2D eigenvalue weighted by Crippen LogP contribution is 2.26. The van der Waals surface area contributed by atoms with Crippen LogP contribution in [-0.2, 0) is 0 Å². The highest BCUT2D eigenvalue weighted by molar-refractivity contribution is 5.98. The number of pyridine rings is 1. The molecule has 1 aromatic heterocycles. The maximum absolute atomic E-state index is 12.3. The van der Waals surface area contributed by atoms with Gasteiger partial charge in [0.25, 0.3) is 5.91 Å². The van der Waals surface area contributed by atoms with Gasteiger partial charge in [0.1, 0.15) is 5.82 Å². The molecule has 1 amide bonds. The van der Waals surface area contributed by atoms with Gasteiger partial charge in [-0.2, -0.15) is 0 Å². The van der Waals surface area contributed by atoms with Crippen molar-refractivity contribution in [1.82, 2.24) is 10.3 Å². The molecule has 1 aliphatic carbocycles. The first-order valence-corrected chi connectivity index (χ1v) is 7.30. The lowest BCUT2D eigenvalue weighted by Crippen LogP contribution is -2.43. The molecule has 1 unspecified atom stereocenters. The summed E-state index contributed by atoms with van der Waals surface area (Å²) >= 11 is 0. The average molecular weight is 277 g/mol. The third-order valence-electron chi connectivity index (χ3n) is 4.02. The van der Waals surface area contributed by atoms with Crippen LogP contribution in [0.25, 0.3) is 0 Å². The second kappa shape index (κ2) is 7.24. The summed E-state index contributed by atoms with van der Waals surface area (Å²) in [5.74, 6) is 0.768. The number of nitrogens with one attached hydrogen (secondary N) is 2. The lowest BCUT2D eigenvalue weighted by Gasteiger charge is -2.29. The fraction of sp³-hybridized carbons (Fsp3) is 0.600. The Kier molecular flexibility index (Phi) is 5.35. The third-order valence-corrected chi connectivity index (χ3v) is 4.02. The normalized spacial score (nSPS) is 17.5. The van der Waals surface area contributed by atoms with Gasteiger partial charge < -0.3 is 15.7 Å². The number of aromatic nitrogens is 1. The highest BCUT2D eigenvalue weighted by Gasteiger charge is 2.25. The van der Waals surface area contributed by atoms with Crippen LogP contribution in [-0.4, -0.2) is 35.7 Å². The minimum Gasteiger partial charge on any atom is -0.394 e. The van der Waals surface area contributed by atoms with Crippen LogP contribution in [0.15, 0.2) is 18.3 Å². The zero-order chi connectivity index (χ0) is 14.4. The van der Waals surface area contributed by atoms with E-state index < -0.39 is 0 Å². The smallest absolute Gasteiger partial charge is 0.255 e. The fourth-order valence-electron chi connectivity index (χ4n) is 2.88. The Morgan fingerprint density at radius 3 is 2.85 bits per heavy atom. The number of amides is 1. The van der Waals surface area contributed by atoms with E-state index in [1.807, 2.05) is 0 Å². The Morgan fingerprint density at radius 2 is 2.20 bits per heavy atom. The van der Waals surface area contributed by atoms with E-state index in [2.05, 4.69) is 15.6 Å². The van der Waals surface area contributed by atoms with E-state index in [9.17, 15) is 9.90 Å². The molecule has 0 saturated heterocycles. The van der Waals surface area contributed by atoms with Gasteiger partial charge >= 0.3 is 0 Å². The lowest BCUT2D eigenvalue weighted by molar-refractivity contribution is 0.0871. The van der Waals surface area contributed by atoms with Crippen molar-refractivity contribution < 1.29 is 9.90 Å². The Hall–Kier alpha value is -1.62. The van der Waals surface area contributed by atoms with Crippen LogP contribution >= 0.6 is 0 Å². The number of carbonyl (C=O) groups is 1. The molecule has 110 valence electrons. The topological polar surface area (TPSA) is 74.2 Å². The first-order chi connectivity index (χ1) is 9.76. The molecule has 1 atom stereocenters. The molecule has 0 radical (unpaired) electrons. The van der Waals surface area contributed by atoms with Gasteiger partial charge in [0.05, 0.1) is 18.2 Å². The maximum Gasteiger partial charge on any atom is 0.255 e. The number of aliphatic hydroxyl groups excluding tert-OH is 1. The Balaban J connectivity index is 2.04. The second-order valence-electron chi connectivity index (χ2n) is 5.31. The van der Waals surface area contributed by atoms with Gasteiger partial charge in [-0.05, 0) is 30.9 Å². The Morgan fingerprint density at radius 1 is 1.45 bits per heavy atom. The number of anilines is 1. The molecule has 1 aliphatic rings. The summed E-state index contributed by atoms with van der Waals surface area (Å²) in [6, 6.07) is 3.32. The molecular weight excluding hydrogens is 254 g/mol. The van der Waals surface area contributed by atoms with Crippen LogP contribution in [0.2, 0.25) is 0 Å². The predicted molar refractivity (Wildman–Crippen MR) is 78.7 cm³/mol. The average Bonchev–Trinajstić information content (AvgIpc) is 2.53. The van der Waals surface area contributed by atoms with Gasteiger partial charge in [-0.25, -0.2) is 4.98 Å². The number of aliphatic hydroxyl groups is 1. The molecule has 0 spiro atoms. The SMILES string of the molecule is CNc1ncccc1C(=O)NC(CO)C1CCCCC1. The molecule has 1 saturated carbocycles. The number of rotatable bonds is 5. The van der Waals surface area contributed by atoms with Crippen molar-refractivity contribution >= 4 is 11.7 Å². The third kappa shape index (κ3) is 3.48. The van der Waals surface area contributed by atoms with Crippen molar-refractivity contribution in [3.05, 3.63) is 23.9 Å². The minimum atomic E-state index is -0.174. The standard InChI is InChI=1S/C15H23N3O2/c1-16-14-12(8-5-9-17-14)15(20)18-13(10-19)11-6-3-2-4-7-11/h5,8-9,11,13,19H,2-4,6-7,10H2,1H3,(H,16,17)(H,18,20). The summed E-state index contributed by atoms with van der Waals surface area (Å²) in [7, 11) is 1.74. The molecule has 20 heavy (non-hydrogen) atoms. The zero-order valence-electron chi connectivity index (χ0n) is 11.9. The number of nitrogens with zero attached hydrogens (tertiary/aromatic N) is 1. The largest absolute Gasteiger partial charge is 0.394 e. The summed E-state index contributed by atoms with van der Waals surface area (Å²) in [6.45, 7) is -0.00838. The molecule has 1 aromatic rings. The molecule has 3 N–H and O–H groups in total. The summed E-state index contributed by atoms with van der Waals surface area (Å²) in [5, 5.41) is 15.4. The molecule has 1 fully saturated rings. The van der Waals surface area contributed by atoms with Gasteiger partial charge in [0.2, 0.25) is 0 Å². The van der Waals surface area contributed by atoms with Gasteiger partial charge in [-0.1, -0.05) is 19.3 Å². The van der Waals surface area contributed by atoms with Crippen molar-refractivity contribution in [2.75, 3.05) is 19.0 Å². The first-order valence-electron chi connectivity index (χ1n) is 7.30. The van der Waals surface area contributed by atoms with E-state index in [1.165, 1.54) is 19.3 Å². The zero-order valence-corrected chi connectivity index (χ0v) is 11.9. The molecule has 0 aromatic carbocycles. The maximum atomic E-state index is 12.3. The number of carbonyl (C=O) groups excluding carboxylic acids is 1. The van der Waals surface area contributed by atoms with Gasteiger partial charge in [0.15, 0.2) is 0 Å². The molecule has 5 nitrogen and oxygen atoms in total. The van der Waals surface area contributed by atoms with Crippen molar-refractivity contribution in [1.29, 1.82) is 0 Å². The molecule has 1 heterocycles. The summed E-state index contributed by atoms with van der Waals surface area (Å²) in [6.07, 6.45) is 7.44. The highest BCUT2D eigenvalue weighted by atomic mass is 16.3. The predicted octanol–water partition coefficient (Wildman–Crippen LogP) is 1.79. The molecule has 2 rings (SSSR count). The van der Waals surface area contributed by atoms with E-state index in [1.54, 1.807) is 25.4 Å². The van der Waals surface area contributed by atoms with Crippen molar-refractivity contribution in [2.45, 2.75) is 38.1 Å². The molecule has 5 heteroatoms. The van der Waals surface area contributed by atoms with Crippen LogP contribution in [0.1, 0.15) is 42.5 Å². The summed E-state index contributed by atoms with van der Waals surface area (Å²) < 4.78 is 0. The van der Waals surface area contributed by atoms with Crippen LogP contribution in [0.3, 0.4) is 0 Å². The van der Waals surface area contributed by atoms with Crippen LogP contribution in [0, 0.1) is 5.92 Å². The van der Waals surface area contributed by atoms with Crippen LogP contribution in [0.4, 0.5) is 5.82 Å². The first kappa shape index (κ1) is 14.8. The van der Waals surface area contributed by atoms with Crippen LogP contribution in [0.5, 0.6) is 0 Å². The molecule has 0 aliphatic heterocycles. The quantitative estimate of drug-likeness (QED) is 0.767. The minimum absolute atomic E-state index is 0.00838. The van der Waals surface area contributed by atoms with Gasteiger partial charge in [0, 0.05) is 13.2 Å². The second-order valence-corrected chi connectivity index (χ2v) is 5.31. The Labute approximate surface area is 119 Å². The Bertz CT molecular complexity index is 444. The number of hydrogen-bond donors (Lipinski definition) is 3. The van der Waals surface area contributed by atoms with Crippen molar-refractivity contribution in [3.63, 3.8) is 0 Å². The van der Waals surface area contributed by atoms with E-state index in [0.717, 1.165) is 12.8 Å². The van der Waals surface area contributed by atoms with Crippen molar-refractivity contribution in [2.24, 2.45) is 5.92 Å². The van der Waals surface area contributed by atoms with Gasteiger partial charge in [-0.15, -0.1) is 0 Å². The van der Waals surface area contributed by atoms with Gasteiger partial charge in [-0.3, -0.25) is 4.79 Å². The monoisotopic (exact) mass is 277 g/mol. The molecule has 0 bridgehead atoms. The summed E-state index contributed by atoms with van der Waals surface area (Å²) in [4.78, 5) is 16.5. The van der Waals surface area contributed by atoms with Crippen molar-refractivity contribution in [3.8, 4) is 0 Å². The molecular formula is C15H23N3O2. The fourth-order valence-corrected chi connectivity index (χ4v) is 2.88. The van der Waals surface area contributed by atoms with E-state index >= 15 is 0 Å². The van der Waals surface area contributed by atoms with Crippen LogP contribution < -0.4 is 10.6 Å². The van der Waals surface area contributed by atoms with E-state index in [0.29, 0.717) is 17.3 Å². The van der Waals surface area contributed by atoms with E-state index in [4.69, 9.17) is 0 Å². The summed E-state index contributed by atoms with van der Waals surface area (Å²) in [5.41, 5.74) is 0.518. The van der Waals surface area contributed by atoms with E-state index in [-0.39, 0.29) is 18.6 Å². The lowest BCUT2D eigenvalue weighted by atomic mass is 9.84. The number of hydrogen-bond acceptors (Lipinski definition) is 4.